The van der Waals surface area contributed by atoms with E-state index in [1.807, 2.05) is 11.6 Å². The molecule has 8 nitrogen and oxygen atoms in total. The highest BCUT2D eigenvalue weighted by Crippen LogP contribution is 2.13. The van der Waals surface area contributed by atoms with Gasteiger partial charge < -0.3 is 5.32 Å². The first kappa shape index (κ1) is 19.2. The van der Waals surface area contributed by atoms with Gasteiger partial charge in [-0.05, 0) is 42.8 Å². The van der Waals surface area contributed by atoms with Gasteiger partial charge in [0.1, 0.15) is 0 Å². The standard InChI is InChI=1S/C17H17N3O5S/c1-12-5-8-15(9-6-12)26(24,25)20-17(22)18-14-4-2-3-13(11-14)7-10-16(21)19-23/h2-11,23H,1H3,(H,19,21)(H2,18,20,22). The van der Waals surface area contributed by atoms with Crippen LogP contribution < -0.4 is 15.5 Å². The van der Waals surface area contributed by atoms with Crippen LogP contribution in [0.15, 0.2) is 59.5 Å². The first-order valence-electron chi connectivity index (χ1n) is 7.43. The third-order valence-electron chi connectivity index (χ3n) is 3.24. The van der Waals surface area contributed by atoms with E-state index in [4.69, 9.17) is 5.21 Å². The number of aryl methyl sites for hydroxylation is 1. The van der Waals surface area contributed by atoms with Gasteiger partial charge in [-0.15, -0.1) is 0 Å². The molecule has 0 bridgehead atoms. The second-order valence-electron chi connectivity index (χ2n) is 5.31. The fourth-order valence-electron chi connectivity index (χ4n) is 1.98. The molecule has 2 aromatic rings. The van der Waals surface area contributed by atoms with Gasteiger partial charge in [0.2, 0.25) is 0 Å². The van der Waals surface area contributed by atoms with E-state index < -0.39 is 22.0 Å². The molecule has 0 aliphatic heterocycles. The van der Waals surface area contributed by atoms with Gasteiger partial charge in [-0.25, -0.2) is 23.4 Å². The maximum Gasteiger partial charge on any atom is 0.333 e. The Morgan fingerprint density at radius 2 is 1.77 bits per heavy atom. The molecule has 2 rings (SSSR count). The summed E-state index contributed by atoms with van der Waals surface area (Å²) in [5.41, 5.74) is 3.24. The molecule has 0 radical (unpaired) electrons. The normalized spacial score (nSPS) is 11.2. The summed E-state index contributed by atoms with van der Waals surface area (Å²) in [6.45, 7) is 1.82. The number of hydrogen-bond acceptors (Lipinski definition) is 5. The van der Waals surface area contributed by atoms with Crippen LogP contribution in [0.1, 0.15) is 11.1 Å². The average molecular weight is 375 g/mol. The number of hydroxylamine groups is 1. The van der Waals surface area contributed by atoms with Crippen molar-refractivity contribution in [2.24, 2.45) is 0 Å². The summed E-state index contributed by atoms with van der Waals surface area (Å²) in [7, 11) is -3.99. The molecule has 0 aromatic heterocycles. The Hall–Kier alpha value is -3.17. The predicted octanol–water partition coefficient (Wildman–Crippen LogP) is 2.02. The number of sulfonamides is 1. The van der Waals surface area contributed by atoms with Crippen LogP contribution in [0.5, 0.6) is 0 Å². The lowest BCUT2D eigenvalue weighted by Crippen LogP contribution is -2.34. The van der Waals surface area contributed by atoms with Crippen molar-refractivity contribution in [1.29, 1.82) is 0 Å². The maximum atomic E-state index is 12.2. The van der Waals surface area contributed by atoms with E-state index >= 15 is 0 Å². The van der Waals surface area contributed by atoms with Crippen molar-refractivity contribution < 1.29 is 23.2 Å². The number of urea groups is 1. The second-order valence-corrected chi connectivity index (χ2v) is 6.99. The molecule has 0 heterocycles. The van der Waals surface area contributed by atoms with Gasteiger partial charge >= 0.3 is 6.03 Å². The van der Waals surface area contributed by atoms with E-state index in [0.29, 0.717) is 11.3 Å². The van der Waals surface area contributed by atoms with Crippen LogP contribution in [-0.2, 0) is 14.8 Å². The average Bonchev–Trinajstić information content (AvgIpc) is 2.59. The maximum absolute atomic E-state index is 12.2. The number of benzene rings is 2. The molecule has 2 aromatic carbocycles. The summed E-state index contributed by atoms with van der Waals surface area (Å²) in [6, 6.07) is 11.5. The molecule has 26 heavy (non-hydrogen) atoms. The molecule has 9 heteroatoms. The number of hydrogen-bond donors (Lipinski definition) is 4. The van der Waals surface area contributed by atoms with Crippen LogP contribution in [-0.4, -0.2) is 25.6 Å². The highest BCUT2D eigenvalue weighted by Gasteiger charge is 2.17. The summed E-state index contributed by atoms with van der Waals surface area (Å²) < 4.78 is 26.3. The van der Waals surface area contributed by atoms with Crippen molar-refractivity contribution in [3.05, 3.63) is 65.7 Å². The Morgan fingerprint density at radius 1 is 1.08 bits per heavy atom. The van der Waals surface area contributed by atoms with E-state index in [9.17, 15) is 18.0 Å². The van der Waals surface area contributed by atoms with Gasteiger partial charge in [-0.3, -0.25) is 10.0 Å². The van der Waals surface area contributed by atoms with Gasteiger partial charge in [0.25, 0.3) is 15.9 Å². The fourth-order valence-corrected chi connectivity index (χ4v) is 2.89. The summed E-state index contributed by atoms with van der Waals surface area (Å²) in [5.74, 6) is -0.703. The van der Waals surface area contributed by atoms with Gasteiger partial charge in [-0.2, -0.15) is 0 Å². The van der Waals surface area contributed by atoms with Crippen molar-refractivity contribution in [1.82, 2.24) is 10.2 Å². The zero-order chi connectivity index (χ0) is 19.2. The quantitative estimate of drug-likeness (QED) is 0.361. The van der Waals surface area contributed by atoms with E-state index in [0.717, 1.165) is 11.6 Å². The molecular formula is C17H17N3O5S. The Morgan fingerprint density at radius 3 is 2.42 bits per heavy atom. The Kier molecular flexibility index (Phi) is 6.10. The van der Waals surface area contributed by atoms with Gasteiger partial charge in [0.15, 0.2) is 0 Å². The van der Waals surface area contributed by atoms with Crippen molar-refractivity contribution in [3.63, 3.8) is 0 Å². The highest BCUT2D eigenvalue weighted by molar-refractivity contribution is 7.90. The second kappa shape index (κ2) is 8.28. The molecule has 0 atom stereocenters. The lowest BCUT2D eigenvalue weighted by molar-refractivity contribution is -0.124. The molecule has 0 fully saturated rings. The lowest BCUT2D eigenvalue weighted by atomic mass is 10.2. The molecule has 3 amide bonds. The molecule has 0 unspecified atom stereocenters. The Balaban J connectivity index is 2.06. The number of nitrogens with one attached hydrogen (secondary N) is 3. The minimum absolute atomic E-state index is 0.0232. The molecule has 4 N–H and O–H groups in total. The highest BCUT2D eigenvalue weighted by atomic mass is 32.2. The number of amides is 3. The number of anilines is 1. The number of rotatable bonds is 5. The van der Waals surface area contributed by atoms with Crippen molar-refractivity contribution >= 4 is 33.7 Å². The number of carbonyl (C=O) groups is 2. The van der Waals surface area contributed by atoms with Crippen molar-refractivity contribution in [3.8, 4) is 0 Å². The zero-order valence-electron chi connectivity index (χ0n) is 13.8. The van der Waals surface area contributed by atoms with E-state index in [2.05, 4.69) is 5.32 Å². The smallest absolute Gasteiger partial charge is 0.307 e. The number of carbonyl (C=O) groups excluding carboxylic acids is 2. The Labute approximate surface area is 150 Å². The topological polar surface area (TPSA) is 125 Å². The summed E-state index contributed by atoms with van der Waals surface area (Å²) in [6.07, 6.45) is 2.51. The van der Waals surface area contributed by atoms with Crippen molar-refractivity contribution in [2.75, 3.05) is 5.32 Å². The van der Waals surface area contributed by atoms with Crippen LogP contribution in [0.2, 0.25) is 0 Å². The summed E-state index contributed by atoms with van der Waals surface area (Å²) in [5, 5.41) is 10.8. The molecule has 136 valence electrons. The van der Waals surface area contributed by atoms with Gasteiger partial charge in [0, 0.05) is 11.8 Å². The first-order valence-corrected chi connectivity index (χ1v) is 8.91. The van der Waals surface area contributed by atoms with Gasteiger partial charge in [-0.1, -0.05) is 29.8 Å². The Bertz CT molecular complexity index is 937. The van der Waals surface area contributed by atoms with Crippen LogP contribution in [0, 0.1) is 6.92 Å². The van der Waals surface area contributed by atoms with E-state index in [1.165, 1.54) is 29.8 Å². The first-order chi connectivity index (χ1) is 12.3. The summed E-state index contributed by atoms with van der Waals surface area (Å²) >= 11 is 0. The van der Waals surface area contributed by atoms with E-state index in [-0.39, 0.29) is 4.90 Å². The fraction of sp³-hybridized carbons (Fsp3) is 0.0588. The molecule has 0 aliphatic carbocycles. The minimum atomic E-state index is -3.99. The van der Waals surface area contributed by atoms with E-state index in [1.54, 1.807) is 30.3 Å². The van der Waals surface area contributed by atoms with Crippen LogP contribution in [0.3, 0.4) is 0 Å². The van der Waals surface area contributed by atoms with Crippen LogP contribution >= 0.6 is 0 Å². The SMILES string of the molecule is Cc1ccc(S(=O)(=O)NC(=O)Nc2cccc(C=CC(=O)NO)c2)cc1. The summed E-state index contributed by atoms with van der Waals surface area (Å²) in [4.78, 5) is 22.9. The van der Waals surface area contributed by atoms with Crippen LogP contribution in [0.25, 0.3) is 6.08 Å². The van der Waals surface area contributed by atoms with Crippen molar-refractivity contribution in [2.45, 2.75) is 11.8 Å². The molecule has 0 spiro atoms. The molecule has 0 saturated carbocycles. The molecule has 0 aliphatic rings. The minimum Gasteiger partial charge on any atom is -0.307 e. The van der Waals surface area contributed by atoms with Gasteiger partial charge in [0.05, 0.1) is 4.90 Å². The molecular weight excluding hydrogens is 358 g/mol. The third kappa shape index (κ3) is 5.43. The lowest BCUT2D eigenvalue weighted by Gasteiger charge is -2.09. The third-order valence-corrected chi connectivity index (χ3v) is 4.59. The monoisotopic (exact) mass is 375 g/mol. The van der Waals surface area contributed by atoms with Crippen LogP contribution in [0.4, 0.5) is 10.5 Å². The zero-order valence-corrected chi connectivity index (χ0v) is 14.6. The largest absolute Gasteiger partial charge is 0.333 e. The molecule has 0 saturated heterocycles. The predicted molar refractivity (Wildman–Crippen MR) is 95.9 cm³/mol.